The Bertz CT molecular complexity index is 435. The number of carboxylic acid groups (broad SMARTS) is 2. The molecule has 0 saturated heterocycles. The minimum atomic E-state index is -1.17. The van der Waals surface area contributed by atoms with Gasteiger partial charge >= 0.3 is 101 Å². The Morgan fingerprint density at radius 2 is 1.68 bits per heavy atom. The second-order valence-corrected chi connectivity index (χ2v) is 5.22. The first-order valence-corrected chi connectivity index (χ1v) is 7.17. The van der Waals surface area contributed by atoms with Crippen molar-refractivity contribution < 1.29 is 24.6 Å². The number of aliphatic carboxylic acids is 2. The summed E-state index contributed by atoms with van der Waals surface area (Å²) in [5.74, 6) is -2.20. The molecule has 1 aromatic rings. The fourth-order valence-corrected chi connectivity index (χ4v) is 1.60. The summed E-state index contributed by atoms with van der Waals surface area (Å²) in [5, 5.41) is 16.3. The molecule has 1 rings (SSSR count). The Labute approximate surface area is 144 Å². The van der Waals surface area contributed by atoms with E-state index in [0.717, 1.165) is 5.56 Å². The van der Waals surface area contributed by atoms with Crippen molar-refractivity contribution in [3.05, 3.63) is 35.9 Å². The molecule has 98 valence electrons. The van der Waals surface area contributed by atoms with Crippen LogP contribution in [0.15, 0.2) is 30.3 Å². The molecule has 0 fully saturated rings. The fourth-order valence-electron chi connectivity index (χ4n) is 1.08. The second kappa shape index (κ2) is 10.2. The molecule has 0 radical (unpaired) electrons. The molecule has 4 N–H and O–H groups in total. The minimum absolute atomic E-state index is 0.0231. The molecule has 0 aliphatic rings. The zero-order valence-corrected chi connectivity index (χ0v) is 13.7. The number of nitrogens with two attached hydrogens (primary N) is 1. The third kappa shape index (κ3) is 9.94. The molecule has 1 atom stereocenters. The van der Waals surface area contributed by atoms with Gasteiger partial charge in [0.25, 0.3) is 0 Å². The van der Waals surface area contributed by atoms with E-state index in [0.29, 0.717) is -0.122 Å². The number of benzene rings is 1. The number of rotatable bonds is 5. The Morgan fingerprint density at radius 1 is 1.16 bits per heavy atom. The SMILES string of the molecule is NC(CCC(=O)O)C(=O)O.O=[C]([K])c1ccccc1. The topological polar surface area (TPSA) is 118 Å². The van der Waals surface area contributed by atoms with Crippen LogP contribution >= 0.6 is 0 Å². The van der Waals surface area contributed by atoms with Crippen molar-refractivity contribution >= 4 is 60.8 Å². The number of hydrogen-bond donors (Lipinski definition) is 3. The van der Waals surface area contributed by atoms with Crippen LogP contribution in [0.4, 0.5) is 0 Å². The molecule has 0 aromatic heterocycles. The van der Waals surface area contributed by atoms with Crippen molar-refractivity contribution in [2.24, 2.45) is 5.73 Å². The van der Waals surface area contributed by atoms with Gasteiger partial charge < -0.3 is 15.9 Å². The van der Waals surface area contributed by atoms with Gasteiger partial charge in [-0.3, -0.25) is 9.59 Å². The predicted octanol–water partition coefficient (Wildman–Crippen LogP) is 0.258. The average molecular weight is 291 g/mol. The van der Waals surface area contributed by atoms with Gasteiger partial charge in [0, 0.05) is 6.42 Å². The summed E-state index contributed by atoms with van der Waals surface area (Å²) in [4.78, 5) is 30.6. The molecule has 0 heterocycles. The van der Waals surface area contributed by atoms with E-state index in [9.17, 15) is 14.4 Å². The van der Waals surface area contributed by atoms with Gasteiger partial charge in [-0.1, -0.05) is 0 Å². The number of carboxylic acids is 2. The molecule has 0 spiro atoms. The van der Waals surface area contributed by atoms with Crippen molar-refractivity contribution in [2.75, 3.05) is 0 Å². The molecule has 6 nitrogen and oxygen atoms in total. The third-order valence-electron chi connectivity index (χ3n) is 2.17. The number of hydrogen-bond acceptors (Lipinski definition) is 4. The molecule has 0 saturated carbocycles. The van der Waals surface area contributed by atoms with E-state index in [1.807, 2.05) is 30.3 Å². The van der Waals surface area contributed by atoms with Gasteiger partial charge in [0.15, 0.2) is 0 Å². The third-order valence-corrected chi connectivity index (χ3v) is 3.07. The first kappa shape index (κ1) is 18.4. The van der Waals surface area contributed by atoms with Gasteiger partial charge in [0.05, 0.1) is 0 Å². The summed E-state index contributed by atoms with van der Waals surface area (Å²) in [6, 6.07) is 8.34. The molecule has 0 aliphatic carbocycles. The molecule has 0 aliphatic heterocycles. The zero-order chi connectivity index (χ0) is 14.8. The van der Waals surface area contributed by atoms with E-state index in [2.05, 4.69) is 0 Å². The molecule has 0 bridgehead atoms. The van der Waals surface area contributed by atoms with E-state index in [1.54, 1.807) is 0 Å². The Balaban J connectivity index is 0.000000342. The summed E-state index contributed by atoms with van der Waals surface area (Å²) in [7, 11) is 0. The van der Waals surface area contributed by atoms with Crippen LogP contribution in [-0.4, -0.2) is 77.0 Å². The molecule has 19 heavy (non-hydrogen) atoms. The average Bonchev–Trinajstić information content (AvgIpc) is 2.37. The molecular weight excluding hydrogens is 277 g/mol. The van der Waals surface area contributed by atoms with Gasteiger partial charge in [0.2, 0.25) is 0 Å². The first-order valence-electron chi connectivity index (χ1n) is 5.60. The molecule has 7 heteroatoms. The molecule has 1 aromatic carbocycles. The maximum absolute atomic E-state index is 10.7. The van der Waals surface area contributed by atoms with E-state index in [-0.39, 0.29) is 61.8 Å². The number of carbonyl (C=O) groups is 3. The van der Waals surface area contributed by atoms with Crippen LogP contribution in [0.2, 0.25) is 0 Å². The van der Waals surface area contributed by atoms with Crippen LogP contribution < -0.4 is 5.73 Å². The predicted molar refractivity (Wildman–Crippen MR) is 69.0 cm³/mol. The molecule has 0 amide bonds. The zero-order valence-electron chi connectivity index (χ0n) is 10.6. The second-order valence-electron chi connectivity index (χ2n) is 3.80. The van der Waals surface area contributed by atoms with Crippen LogP contribution in [-0.2, 0) is 9.59 Å². The standard InChI is InChI=1S/C7H5O.C5H9NO4.K/c8-6-7-4-2-1-3-5-7;6-3(5(9)10)1-2-4(7)8;/h1-5H;3H,1-2,6H2,(H,7,8)(H,9,10);. The normalized spacial score (nSPS) is 10.9. The Morgan fingerprint density at radius 3 is 2.00 bits per heavy atom. The van der Waals surface area contributed by atoms with E-state index in [4.69, 9.17) is 15.9 Å². The summed E-state index contributed by atoms with van der Waals surface area (Å²) in [6.45, 7) is 0. The van der Waals surface area contributed by atoms with Crippen molar-refractivity contribution in [2.45, 2.75) is 18.9 Å². The van der Waals surface area contributed by atoms with Crippen LogP contribution in [0.5, 0.6) is 0 Å². The van der Waals surface area contributed by atoms with Crippen molar-refractivity contribution in [1.82, 2.24) is 0 Å². The van der Waals surface area contributed by atoms with Gasteiger partial charge in [-0.05, 0) is 6.42 Å². The van der Waals surface area contributed by atoms with E-state index < -0.39 is 18.0 Å². The number of carbonyl (C=O) groups excluding carboxylic acids is 1. The van der Waals surface area contributed by atoms with Gasteiger partial charge in [0.1, 0.15) is 6.04 Å². The summed E-state index contributed by atoms with van der Waals surface area (Å²) in [6.07, 6.45) is -0.224. The maximum atomic E-state index is 10.7. The van der Waals surface area contributed by atoms with Crippen molar-refractivity contribution in [3.63, 3.8) is 0 Å². The fraction of sp³-hybridized carbons (Fsp3) is 0.250. The monoisotopic (exact) mass is 291 g/mol. The van der Waals surface area contributed by atoms with Crippen molar-refractivity contribution in [1.29, 1.82) is 0 Å². The van der Waals surface area contributed by atoms with Gasteiger partial charge in [-0.25, -0.2) is 0 Å². The summed E-state index contributed by atoms with van der Waals surface area (Å²) in [5.41, 5.74) is 5.86. The Kier molecular flexibility index (Phi) is 9.93. The van der Waals surface area contributed by atoms with Crippen LogP contribution in [0, 0.1) is 0 Å². The summed E-state index contributed by atoms with van der Waals surface area (Å²) >= 11 is 0.286. The van der Waals surface area contributed by atoms with Gasteiger partial charge in [-0.2, -0.15) is 0 Å². The molecular formula is C12H14KNO5. The molecule has 1 unspecified atom stereocenters. The van der Waals surface area contributed by atoms with Crippen LogP contribution in [0.1, 0.15) is 23.2 Å². The van der Waals surface area contributed by atoms with E-state index >= 15 is 0 Å². The Hall–Kier alpha value is -0.574. The van der Waals surface area contributed by atoms with Crippen molar-refractivity contribution in [3.8, 4) is 0 Å². The quantitative estimate of drug-likeness (QED) is 0.670. The first-order chi connectivity index (χ1) is 8.84. The van der Waals surface area contributed by atoms with E-state index in [1.165, 1.54) is 0 Å². The van der Waals surface area contributed by atoms with Crippen LogP contribution in [0.3, 0.4) is 0 Å². The van der Waals surface area contributed by atoms with Gasteiger partial charge in [-0.15, -0.1) is 0 Å². The summed E-state index contributed by atoms with van der Waals surface area (Å²) < 4.78 is 0.308. The van der Waals surface area contributed by atoms with Crippen LogP contribution in [0.25, 0.3) is 0 Å².